The van der Waals surface area contributed by atoms with Crippen LogP contribution in [0.25, 0.3) is 0 Å². The second-order valence-electron chi connectivity index (χ2n) is 6.52. The normalized spacial score (nSPS) is 16.8. The number of carbonyl (C=O) groups excluding carboxylic acids is 2. The van der Waals surface area contributed by atoms with Gasteiger partial charge in [0.05, 0.1) is 5.92 Å². The SMILES string of the molecule is Cc1cccc(N2C[C@@H](C(=O)NCCc3ccc(Cl)cc3Cl)CC2=O)c1. The van der Waals surface area contributed by atoms with Crippen LogP contribution in [0.5, 0.6) is 0 Å². The van der Waals surface area contributed by atoms with Crippen molar-refractivity contribution in [3.63, 3.8) is 0 Å². The van der Waals surface area contributed by atoms with Crippen molar-refractivity contribution in [1.29, 1.82) is 0 Å². The summed E-state index contributed by atoms with van der Waals surface area (Å²) in [6.45, 7) is 2.86. The van der Waals surface area contributed by atoms with Gasteiger partial charge < -0.3 is 10.2 Å². The lowest BCUT2D eigenvalue weighted by Crippen LogP contribution is -2.34. The molecule has 4 nitrogen and oxygen atoms in total. The molecule has 136 valence electrons. The summed E-state index contributed by atoms with van der Waals surface area (Å²) in [4.78, 5) is 26.4. The number of anilines is 1. The number of rotatable bonds is 5. The van der Waals surface area contributed by atoms with Gasteiger partial charge in [-0.2, -0.15) is 0 Å². The molecule has 2 aromatic rings. The number of aryl methyl sites for hydroxylation is 1. The van der Waals surface area contributed by atoms with Crippen LogP contribution in [-0.4, -0.2) is 24.9 Å². The Morgan fingerprint density at radius 3 is 2.77 bits per heavy atom. The van der Waals surface area contributed by atoms with Gasteiger partial charge >= 0.3 is 0 Å². The van der Waals surface area contributed by atoms with Crippen molar-refractivity contribution in [3.8, 4) is 0 Å². The van der Waals surface area contributed by atoms with Gasteiger partial charge in [-0.15, -0.1) is 0 Å². The second-order valence-corrected chi connectivity index (χ2v) is 7.36. The summed E-state index contributed by atoms with van der Waals surface area (Å²) in [5, 5.41) is 4.09. The lowest BCUT2D eigenvalue weighted by atomic mass is 10.1. The van der Waals surface area contributed by atoms with Crippen molar-refractivity contribution >= 4 is 40.7 Å². The number of carbonyl (C=O) groups is 2. The third-order valence-electron chi connectivity index (χ3n) is 4.52. The smallest absolute Gasteiger partial charge is 0.227 e. The quantitative estimate of drug-likeness (QED) is 0.837. The Balaban J connectivity index is 1.55. The molecule has 2 aromatic carbocycles. The molecule has 0 unspecified atom stereocenters. The van der Waals surface area contributed by atoms with Crippen molar-refractivity contribution in [2.45, 2.75) is 19.8 Å². The molecule has 1 N–H and O–H groups in total. The molecule has 2 amide bonds. The van der Waals surface area contributed by atoms with Crippen molar-refractivity contribution in [1.82, 2.24) is 5.32 Å². The molecule has 0 spiro atoms. The van der Waals surface area contributed by atoms with E-state index in [1.54, 1.807) is 17.0 Å². The highest BCUT2D eigenvalue weighted by molar-refractivity contribution is 6.35. The number of nitrogens with zero attached hydrogens (tertiary/aromatic N) is 1. The summed E-state index contributed by atoms with van der Waals surface area (Å²) < 4.78 is 0. The highest BCUT2D eigenvalue weighted by Gasteiger charge is 2.34. The van der Waals surface area contributed by atoms with Gasteiger partial charge in [0.15, 0.2) is 0 Å². The molecule has 6 heteroatoms. The molecule has 1 atom stereocenters. The summed E-state index contributed by atoms with van der Waals surface area (Å²) in [5.74, 6) is -0.446. The van der Waals surface area contributed by atoms with Gasteiger partial charge in [-0.25, -0.2) is 0 Å². The minimum atomic E-state index is -0.330. The van der Waals surface area contributed by atoms with Gasteiger partial charge in [0, 0.05) is 35.2 Å². The standard InChI is InChI=1S/C20H20Cl2N2O2/c1-13-3-2-4-17(9-13)24-12-15(10-19(24)25)20(26)23-8-7-14-5-6-16(21)11-18(14)22/h2-6,9,11,15H,7-8,10,12H2,1H3,(H,23,26)/t15-/m0/s1. The van der Waals surface area contributed by atoms with E-state index in [1.165, 1.54) is 0 Å². The first-order valence-corrected chi connectivity index (χ1v) is 9.28. The van der Waals surface area contributed by atoms with Crippen LogP contribution in [0.2, 0.25) is 10.0 Å². The minimum Gasteiger partial charge on any atom is -0.355 e. The molecule has 1 aliphatic rings. The zero-order chi connectivity index (χ0) is 18.7. The van der Waals surface area contributed by atoms with E-state index in [2.05, 4.69) is 5.32 Å². The van der Waals surface area contributed by atoms with Crippen molar-refractivity contribution < 1.29 is 9.59 Å². The minimum absolute atomic E-state index is 0.0171. The average molecular weight is 391 g/mol. The highest BCUT2D eigenvalue weighted by atomic mass is 35.5. The first-order valence-electron chi connectivity index (χ1n) is 8.52. The van der Waals surface area contributed by atoms with E-state index in [0.717, 1.165) is 16.8 Å². The summed E-state index contributed by atoms with van der Waals surface area (Å²) >= 11 is 12.0. The molecular weight excluding hydrogens is 371 g/mol. The number of halogens is 2. The van der Waals surface area contributed by atoms with Crippen LogP contribution >= 0.6 is 23.2 Å². The Kier molecular flexibility index (Phi) is 5.84. The first-order chi connectivity index (χ1) is 12.4. The monoisotopic (exact) mass is 390 g/mol. The van der Waals surface area contributed by atoms with Gasteiger partial charge in [0.2, 0.25) is 11.8 Å². The molecule has 1 fully saturated rings. The van der Waals surface area contributed by atoms with Crippen LogP contribution in [-0.2, 0) is 16.0 Å². The molecule has 0 aromatic heterocycles. The predicted molar refractivity (Wildman–Crippen MR) is 105 cm³/mol. The Labute approximate surface area is 163 Å². The number of benzene rings is 2. The van der Waals surface area contributed by atoms with Crippen molar-refractivity contribution in [2.75, 3.05) is 18.0 Å². The van der Waals surface area contributed by atoms with Crippen LogP contribution < -0.4 is 10.2 Å². The fraction of sp³-hybridized carbons (Fsp3) is 0.300. The maximum Gasteiger partial charge on any atom is 0.227 e. The van der Waals surface area contributed by atoms with E-state index < -0.39 is 0 Å². The molecular formula is C20H20Cl2N2O2. The van der Waals surface area contributed by atoms with E-state index in [9.17, 15) is 9.59 Å². The van der Waals surface area contributed by atoms with Crippen LogP contribution in [0, 0.1) is 12.8 Å². The van der Waals surface area contributed by atoms with Crippen LogP contribution in [0.3, 0.4) is 0 Å². The Hall–Kier alpha value is -2.04. The third-order valence-corrected chi connectivity index (χ3v) is 5.10. The topological polar surface area (TPSA) is 49.4 Å². The maximum atomic E-state index is 12.4. The van der Waals surface area contributed by atoms with Gasteiger partial charge in [0.25, 0.3) is 0 Å². The number of amides is 2. The van der Waals surface area contributed by atoms with Crippen LogP contribution in [0.1, 0.15) is 17.5 Å². The zero-order valence-corrected chi connectivity index (χ0v) is 16.0. The Morgan fingerprint density at radius 1 is 1.23 bits per heavy atom. The predicted octanol–water partition coefficient (Wildman–Crippen LogP) is 4.01. The largest absolute Gasteiger partial charge is 0.355 e. The molecule has 1 heterocycles. The molecule has 0 bridgehead atoms. The number of hydrogen-bond donors (Lipinski definition) is 1. The Morgan fingerprint density at radius 2 is 2.04 bits per heavy atom. The van der Waals surface area contributed by atoms with Gasteiger partial charge in [-0.05, 0) is 48.7 Å². The molecule has 0 saturated carbocycles. The fourth-order valence-electron chi connectivity index (χ4n) is 3.12. The van der Waals surface area contributed by atoms with E-state index in [-0.39, 0.29) is 24.2 Å². The van der Waals surface area contributed by atoms with Crippen molar-refractivity contribution in [3.05, 3.63) is 63.6 Å². The lowest BCUT2D eigenvalue weighted by Gasteiger charge is -2.17. The molecule has 0 aliphatic carbocycles. The lowest BCUT2D eigenvalue weighted by molar-refractivity contribution is -0.126. The summed E-state index contributed by atoms with van der Waals surface area (Å²) in [6, 6.07) is 13.1. The first kappa shape index (κ1) is 18.7. The average Bonchev–Trinajstić information content (AvgIpc) is 2.99. The number of hydrogen-bond acceptors (Lipinski definition) is 2. The molecule has 26 heavy (non-hydrogen) atoms. The van der Waals surface area contributed by atoms with Crippen molar-refractivity contribution in [2.24, 2.45) is 5.92 Å². The van der Waals surface area contributed by atoms with E-state index in [0.29, 0.717) is 29.6 Å². The summed E-state index contributed by atoms with van der Waals surface area (Å²) in [7, 11) is 0. The molecule has 1 saturated heterocycles. The maximum absolute atomic E-state index is 12.4. The third kappa shape index (κ3) is 4.37. The molecule has 0 radical (unpaired) electrons. The highest BCUT2D eigenvalue weighted by Crippen LogP contribution is 2.26. The molecule has 1 aliphatic heterocycles. The second kappa shape index (κ2) is 8.11. The number of nitrogens with one attached hydrogen (secondary N) is 1. The van der Waals surface area contributed by atoms with E-state index in [4.69, 9.17) is 23.2 Å². The van der Waals surface area contributed by atoms with Gasteiger partial charge in [0.1, 0.15) is 0 Å². The summed E-state index contributed by atoms with van der Waals surface area (Å²) in [5.41, 5.74) is 2.86. The van der Waals surface area contributed by atoms with Gasteiger partial charge in [-0.3, -0.25) is 9.59 Å². The van der Waals surface area contributed by atoms with Gasteiger partial charge in [-0.1, -0.05) is 41.4 Å². The Bertz CT molecular complexity index is 838. The van der Waals surface area contributed by atoms with Crippen LogP contribution in [0.15, 0.2) is 42.5 Å². The summed E-state index contributed by atoms with van der Waals surface area (Å²) in [6.07, 6.45) is 0.853. The molecule has 3 rings (SSSR count). The fourth-order valence-corrected chi connectivity index (χ4v) is 3.62. The zero-order valence-electron chi connectivity index (χ0n) is 14.5. The van der Waals surface area contributed by atoms with E-state index >= 15 is 0 Å². The van der Waals surface area contributed by atoms with E-state index in [1.807, 2.05) is 37.3 Å². The van der Waals surface area contributed by atoms with Crippen LogP contribution in [0.4, 0.5) is 5.69 Å².